The molecule has 1 N–H and O–H groups in total. The highest BCUT2D eigenvalue weighted by Crippen LogP contribution is 2.34. The number of sulfonamides is 1. The molecule has 2 heterocycles. The van der Waals surface area contributed by atoms with E-state index in [9.17, 15) is 26.0 Å². The van der Waals surface area contributed by atoms with Gasteiger partial charge in [-0.3, -0.25) is 4.68 Å². The largest absolute Gasteiger partial charge is 0.573 e. The van der Waals surface area contributed by atoms with Crippen molar-refractivity contribution >= 4 is 15.7 Å². The van der Waals surface area contributed by atoms with Crippen LogP contribution in [0.15, 0.2) is 59.8 Å². The fourth-order valence-corrected chi connectivity index (χ4v) is 5.14. The monoisotopic (exact) mass is 485 g/mol. The molecule has 0 unspecified atom stereocenters. The van der Waals surface area contributed by atoms with E-state index in [1.54, 1.807) is 18.2 Å². The highest BCUT2D eigenvalue weighted by atomic mass is 32.2. The molecule has 0 saturated carbocycles. The molecule has 1 aromatic heterocycles. The predicted molar refractivity (Wildman–Crippen MR) is 109 cm³/mol. The van der Waals surface area contributed by atoms with Crippen molar-refractivity contribution in [2.45, 2.75) is 23.3 Å². The summed E-state index contributed by atoms with van der Waals surface area (Å²) >= 11 is 0. The van der Waals surface area contributed by atoms with E-state index in [0.717, 1.165) is 6.07 Å². The summed E-state index contributed by atoms with van der Waals surface area (Å²) in [5.74, 6) is -1.26. The minimum atomic E-state index is -4.84. The average Bonchev–Trinajstić information content (AvgIpc) is 3.35. The number of aryl methyl sites for hydroxylation is 1. The van der Waals surface area contributed by atoms with E-state index in [0.29, 0.717) is 11.3 Å². The van der Waals surface area contributed by atoms with Gasteiger partial charge in [-0.15, -0.1) is 18.3 Å². The molecule has 1 aliphatic rings. The van der Waals surface area contributed by atoms with Crippen molar-refractivity contribution in [2.75, 3.05) is 18.4 Å². The van der Waals surface area contributed by atoms with Crippen LogP contribution in [0, 0.1) is 5.82 Å². The number of ether oxygens (including phenoxy) is 1. The Bertz CT molecular complexity index is 1230. The molecule has 33 heavy (non-hydrogen) atoms. The summed E-state index contributed by atoms with van der Waals surface area (Å²) in [6.45, 7) is 0.0618. The summed E-state index contributed by atoms with van der Waals surface area (Å²) in [6.07, 6.45) is -3.56. The van der Waals surface area contributed by atoms with Gasteiger partial charge >= 0.3 is 6.36 Å². The van der Waals surface area contributed by atoms with Crippen LogP contribution in [0.3, 0.4) is 0 Å². The van der Waals surface area contributed by atoms with Gasteiger partial charge in [0, 0.05) is 43.9 Å². The van der Waals surface area contributed by atoms with Crippen LogP contribution in [-0.4, -0.2) is 53.2 Å². The smallest absolute Gasteiger partial charge is 0.406 e. The number of nitrogens with zero attached hydrogens (tertiary/aromatic N) is 4. The number of rotatable bonds is 6. The van der Waals surface area contributed by atoms with Gasteiger partial charge in [0.25, 0.3) is 10.0 Å². The number of benzene rings is 2. The highest BCUT2D eigenvalue weighted by Gasteiger charge is 2.41. The molecule has 4 rings (SSSR count). The molecule has 0 spiro atoms. The Labute approximate surface area is 186 Å². The molecule has 13 heteroatoms. The summed E-state index contributed by atoms with van der Waals surface area (Å²) in [7, 11) is -2.43. The maximum absolute atomic E-state index is 13.4. The molecular weight excluding hydrogens is 466 g/mol. The lowest BCUT2D eigenvalue weighted by Crippen LogP contribution is -2.32. The zero-order valence-electron chi connectivity index (χ0n) is 17.2. The maximum Gasteiger partial charge on any atom is 0.573 e. The lowest BCUT2D eigenvalue weighted by atomic mass is 9.94. The van der Waals surface area contributed by atoms with Gasteiger partial charge in [-0.25, -0.2) is 12.8 Å². The first-order valence-corrected chi connectivity index (χ1v) is 11.2. The van der Waals surface area contributed by atoms with Crippen LogP contribution >= 0.6 is 0 Å². The van der Waals surface area contributed by atoms with Gasteiger partial charge < -0.3 is 10.1 Å². The van der Waals surface area contributed by atoms with Crippen LogP contribution in [0.5, 0.6) is 5.75 Å². The number of aromatic nitrogens is 3. The van der Waals surface area contributed by atoms with E-state index in [4.69, 9.17) is 0 Å². The minimum Gasteiger partial charge on any atom is -0.406 e. The van der Waals surface area contributed by atoms with Crippen LogP contribution in [0.4, 0.5) is 23.2 Å². The van der Waals surface area contributed by atoms with Crippen molar-refractivity contribution in [1.82, 2.24) is 19.3 Å². The van der Waals surface area contributed by atoms with Crippen molar-refractivity contribution in [1.29, 1.82) is 0 Å². The average molecular weight is 485 g/mol. The molecular formula is C20H19F4N5O3S. The number of hydrogen-bond donors (Lipinski definition) is 1. The molecule has 1 aliphatic heterocycles. The van der Waals surface area contributed by atoms with Gasteiger partial charge in [0.05, 0.1) is 6.20 Å². The van der Waals surface area contributed by atoms with E-state index in [1.807, 2.05) is 0 Å². The first-order chi connectivity index (χ1) is 15.5. The third-order valence-corrected chi connectivity index (χ3v) is 6.88. The van der Waals surface area contributed by atoms with Gasteiger partial charge in [-0.1, -0.05) is 23.4 Å². The Morgan fingerprint density at radius 1 is 1.12 bits per heavy atom. The van der Waals surface area contributed by atoms with Crippen molar-refractivity contribution in [3.63, 3.8) is 0 Å². The van der Waals surface area contributed by atoms with Gasteiger partial charge in [0.2, 0.25) is 5.03 Å². The van der Waals surface area contributed by atoms with Gasteiger partial charge in [0.1, 0.15) is 11.6 Å². The lowest BCUT2D eigenvalue weighted by Gasteiger charge is -2.22. The lowest BCUT2D eigenvalue weighted by molar-refractivity contribution is -0.274. The van der Waals surface area contributed by atoms with Crippen LogP contribution in [-0.2, 0) is 17.1 Å². The summed E-state index contributed by atoms with van der Waals surface area (Å²) in [6, 6.07) is 10.4. The van der Waals surface area contributed by atoms with Crippen LogP contribution in [0.1, 0.15) is 11.5 Å². The minimum absolute atomic E-state index is 0.00526. The van der Waals surface area contributed by atoms with Gasteiger partial charge in [-0.05, 0) is 29.8 Å². The standard InChI is InChI=1S/C20H19F4N5O3S/c1-28-12-19(26-27-28)33(30,31)29-10-17(13-5-7-14(21)8-6-13)18(11-29)25-15-3-2-4-16(9-15)32-20(22,23)24/h2-9,12,17-18,25H,10-11H2,1H3/t17-,18+/m1/s1. The first kappa shape index (κ1) is 23.0. The molecule has 1 fully saturated rings. The number of nitrogens with one attached hydrogen (secondary N) is 1. The Hall–Kier alpha value is -3.19. The Balaban J connectivity index is 1.63. The third kappa shape index (κ3) is 5.25. The summed E-state index contributed by atoms with van der Waals surface area (Å²) in [4.78, 5) is 0. The maximum atomic E-state index is 13.4. The second kappa shape index (κ2) is 8.63. The summed E-state index contributed by atoms with van der Waals surface area (Å²) in [5.41, 5.74) is 0.987. The van der Waals surface area contributed by atoms with Crippen LogP contribution in [0.2, 0.25) is 0 Å². The predicted octanol–water partition coefficient (Wildman–Crippen LogP) is 3.12. The van der Waals surface area contributed by atoms with E-state index >= 15 is 0 Å². The third-order valence-electron chi connectivity index (χ3n) is 5.19. The number of anilines is 1. The van der Waals surface area contributed by atoms with Crippen molar-refractivity contribution in [3.8, 4) is 5.75 Å². The van der Waals surface area contributed by atoms with Gasteiger partial charge in [0.15, 0.2) is 0 Å². The molecule has 176 valence electrons. The molecule has 0 bridgehead atoms. The number of hydrogen-bond acceptors (Lipinski definition) is 6. The van der Waals surface area contributed by atoms with Crippen molar-refractivity contribution < 1.29 is 30.7 Å². The SMILES string of the molecule is Cn1cc(S(=O)(=O)N2C[C@H](Nc3cccc(OC(F)(F)F)c3)[C@@H](c3ccc(F)cc3)C2)nn1. The van der Waals surface area contributed by atoms with Crippen LogP contribution < -0.4 is 10.1 Å². The second-order valence-electron chi connectivity index (χ2n) is 7.54. The highest BCUT2D eigenvalue weighted by molar-refractivity contribution is 7.89. The first-order valence-electron chi connectivity index (χ1n) is 9.75. The Morgan fingerprint density at radius 2 is 1.85 bits per heavy atom. The Kier molecular flexibility index (Phi) is 6.01. The molecule has 1 saturated heterocycles. The van der Waals surface area contributed by atoms with Crippen LogP contribution in [0.25, 0.3) is 0 Å². The quantitative estimate of drug-likeness (QED) is 0.540. The molecule has 0 amide bonds. The van der Waals surface area contributed by atoms with E-state index in [-0.39, 0.29) is 18.1 Å². The zero-order chi connectivity index (χ0) is 23.8. The van der Waals surface area contributed by atoms with E-state index in [1.165, 1.54) is 46.5 Å². The summed E-state index contributed by atoms with van der Waals surface area (Å²) in [5, 5.41) is 10.2. The van der Waals surface area contributed by atoms with E-state index in [2.05, 4.69) is 20.4 Å². The number of alkyl halides is 3. The fourth-order valence-electron chi connectivity index (χ4n) is 3.73. The molecule has 0 radical (unpaired) electrons. The normalized spacial score (nSPS) is 19.5. The van der Waals surface area contributed by atoms with Crippen molar-refractivity contribution in [3.05, 3.63) is 66.1 Å². The molecule has 3 aromatic rings. The molecule has 8 nitrogen and oxygen atoms in total. The molecule has 2 atom stereocenters. The zero-order valence-corrected chi connectivity index (χ0v) is 18.0. The summed E-state index contributed by atoms with van der Waals surface area (Å²) < 4.78 is 83.8. The molecule has 0 aliphatic carbocycles. The second-order valence-corrected chi connectivity index (χ2v) is 9.42. The van der Waals surface area contributed by atoms with Gasteiger partial charge in [-0.2, -0.15) is 4.31 Å². The molecule has 2 aromatic carbocycles. The van der Waals surface area contributed by atoms with Crippen molar-refractivity contribution in [2.24, 2.45) is 7.05 Å². The topological polar surface area (TPSA) is 89.4 Å². The Morgan fingerprint density at radius 3 is 2.48 bits per heavy atom. The van der Waals surface area contributed by atoms with E-state index < -0.39 is 39.9 Å². The number of halogens is 4. The fraction of sp³-hybridized carbons (Fsp3) is 0.300.